The van der Waals surface area contributed by atoms with E-state index in [1.807, 2.05) is 6.07 Å². The molecular weight excluding hydrogens is 226 g/mol. The van der Waals surface area contributed by atoms with E-state index in [-0.39, 0.29) is 5.91 Å². The van der Waals surface area contributed by atoms with Gasteiger partial charge in [0.25, 0.3) is 0 Å². The predicted octanol–water partition coefficient (Wildman–Crippen LogP) is 3.11. The van der Waals surface area contributed by atoms with Crippen LogP contribution in [0.25, 0.3) is 0 Å². The first-order valence-electron chi connectivity index (χ1n) is 6.91. The van der Waals surface area contributed by atoms with E-state index >= 15 is 0 Å². The zero-order valence-electron chi connectivity index (χ0n) is 11.5. The van der Waals surface area contributed by atoms with Gasteiger partial charge in [-0.1, -0.05) is 20.8 Å². The van der Waals surface area contributed by atoms with Gasteiger partial charge in [-0.05, 0) is 30.4 Å². The van der Waals surface area contributed by atoms with Crippen LogP contribution < -0.4 is 5.32 Å². The molecule has 2 unspecified atom stereocenters. The van der Waals surface area contributed by atoms with Gasteiger partial charge in [-0.15, -0.1) is 0 Å². The average Bonchev–Trinajstić information content (AvgIpc) is 2.88. The molecule has 0 radical (unpaired) electrons. The summed E-state index contributed by atoms with van der Waals surface area (Å²) in [7, 11) is 0. The fraction of sp³-hybridized carbons (Fsp3) is 0.667. The van der Waals surface area contributed by atoms with Gasteiger partial charge < -0.3 is 9.73 Å². The van der Waals surface area contributed by atoms with Gasteiger partial charge >= 0.3 is 0 Å². The summed E-state index contributed by atoms with van der Waals surface area (Å²) in [4.78, 5) is 11.6. The Kier molecular flexibility index (Phi) is 4.10. The number of carbonyl (C=O) groups excluding carboxylic acids is 1. The third-order valence-corrected chi connectivity index (χ3v) is 3.46. The number of nitrogens with one attached hydrogen (secondary N) is 1. The molecule has 1 N–H and O–H groups in total. The van der Waals surface area contributed by atoms with E-state index in [9.17, 15) is 4.79 Å². The van der Waals surface area contributed by atoms with Crippen molar-refractivity contribution in [3.05, 3.63) is 23.7 Å². The highest BCUT2D eigenvalue weighted by molar-refractivity contribution is 5.76. The third-order valence-electron chi connectivity index (χ3n) is 3.46. The van der Waals surface area contributed by atoms with Crippen LogP contribution in [0.5, 0.6) is 0 Å². The van der Waals surface area contributed by atoms with Crippen LogP contribution >= 0.6 is 0 Å². The molecule has 1 fully saturated rings. The lowest BCUT2D eigenvalue weighted by Crippen LogP contribution is -2.27. The molecule has 1 heterocycles. The van der Waals surface area contributed by atoms with Crippen molar-refractivity contribution in [2.75, 3.05) is 6.54 Å². The van der Waals surface area contributed by atoms with Gasteiger partial charge in [0.1, 0.15) is 11.5 Å². The summed E-state index contributed by atoms with van der Waals surface area (Å²) >= 11 is 0. The Morgan fingerprint density at radius 3 is 2.83 bits per heavy atom. The van der Waals surface area contributed by atoms with Gasteiger partial charge in [0.2, 0.25) is 5.91 Å². The standard InChI is InChI=1S/C15H23NO2/c1-10(2)9-16-15(17)7-5-12-4-6-14(18-12)13-8-11(13)3/h4,6,10-11,13H,5,7-9H2,1-3H3,(H,16,17). The Bertz CT molecular complexity index is 408. The van der Waals surface area contributed by atoms with Crippen LogP contribution in [0.3, 0.4) is 0 Å². The molecule has 3 nitrogen and oxygen atoms in total. The number of amides is 1. The molecule has 18 heavy (non-hydrogen) atoms. The molecule has 0 saturated heterocycles. The molecule has 0 aliphatic heterocycles. The summed E-state index contributed by atoms with van der Waals surface area (Å²) in [6.07, 6.45) is 2.45. The van der Waals surface area contributed by atoms with Crippen molar-refractivity contribution in [1.82, 2.24) is 5.32 Å². The fourth-order valence-corrected chi connectivity index (χ4v) is 2.09. The molecule has 1 aliphatic carbocycles. The summed E-state index contributed by atoms with van der Waals surface area (Å²) in [5.74, 6) is 4.03. The van der Waals surface area contributed by atoms with Crippen LogP contribution in [0.2, 0.25) is 0 Å². The van der Waals surface area contributed by atoms with Gasteiger partial charge in [-0.25, -0.2) is 0 Å². The first kappa shape index (κ1) is 13.2. The first-order chi connectivity index (χ1) is 8.56. The molecule has 1 aliphatic rings. The van der Waals surface area contributed by atoms with Crippen LogP contribution in [0.15, 0.2) is 16.5 Å². The van der Waals surface area contributed by atoms with E-state index < -0.39 is 0 Å². The number of furan rings is 1. The van der Waals surface area contributed by atoms with Gasteiger partial charge in [0.05, 0.1) is 0 Å². The number of hydrogen-bond acceptors (Lipinski definition) is 2. The van der Waals surface area contributed by atoms with Crippen LogP contribution in [0.1, 0.15) is 51.1 Å². The monoisotopic (exact) mass is 249 g/mol. The van der Waals surface area contributed by atoms with Crippen LogP contribution in [0, 0.1) is 11.8 Å². The minimum absolute atomic E-state index is 0.112. The SMILES string of the molecule is CC(C)CNC(=O)CCc1ccc(C2CC2C)o1. The van der Waals surface area contributed by atoms with E-state index in [0.717, 1.165) is 24.0 Å². The van der Waals surface area contributed by atoms with E-state index in [4.69, 9.17) is 4.42 Å². The zero-order chi connectivity index (χ0) is 13.1. The Labute approximate surface area is 109 Å². The summed E-state index contributed by atoms with van der Waals surface area (Å²) < 4.78 is 5.77. The minimum atomic E-state index is 0.112. The Morgan fingerprint density at radius 2 is 2.22 bits per heavy atom. The zero-order valence-corrected chi connectivity index (χ0v) is 11.5. The maximum atomic E-state index is 11.6. The number of carbonyl (C=O) groups is 1. The average molecular weight is 249 g/mol. The molecule has 2 atom stereocenters. The lowest BCUT2D eigenvalue weighted by Gasteiger charge is -2.06. The Balaban J connectivity index is 1.73. The molecule has 1 amide bonds. The van der Waals surface area contributed by atoms with Crippen molar-refractivity contribution in [3.63, 3.8) is 0 Å². The topological polar surface area (TPSA) is 42.2 Å². The molecule has 0 spiro atoms. The molecule has 0 bridgehead atoms. The largest absolute Gasteiger partial charge is 0.466 e. The Hall–Kier alpha value is -1.25. The molecule has 3 heteroatoms. The molecule has 1 aromatic rings. The molecule has 100 valence electrons. The highest BCUT2D eigenvalue weighted by Gasteiger charge is 2.36. The highest BCUT2D eigenvalue weighted by Crippen LogP contribution is 2.47. The van der Waals surface area contributed by atoms with E-state index in [2.05, 4.69) is 32.2 Å². The maximum Gasteiger partial charge on any atom is 0.220 e. The van der Waals surface area contributed by atoms with Crippen molar-refractivity contribution in [3.8, 4) is 0 Å². The lowest BCUT2D eigenvalue weighted by molar-refractivity contribution is -0.121. The number of aryl methyl sites for hydroxylation is 1. The summed E-state index contributed by atoms with van der Waals surface area (Å²) in [5, 5.41) is 2.92. The Morgan fingerprint density at radius 1 is 1.50 bits per heavy atom. The molecular formula is C15H23NO2. The third kappa shape index (κ3) is 3.62. The second-order valence-electron chi connectivity index (χ2n) is 5.82. The molecule has 1 aromatic heterocycles. The molecule has 1 saturated carbocycles. The minimum Gasteiger partial charge on any atom is -0.466 e. The predicted molar refractivity (Wildman–Crippen MR) is 71.4 cm³/mol. The van der Waals surface area contributed by atoms with Crippen molar-refractivity contribution in [1.29, 1.82) is 0 Å². The summed E-state index contributed by atoms with van der Waals surface area (Å²) in [5.41, 5.74) is 0. The quantitative estimate of drug-likeness (QED) is 0.841. The van der Waals surface area contributed by atoms with Crippen LogP contribution in [-0.2, 0) is 11.2 Å². The van der Waals surface area contributed by atoms with Crippen LogP contribution in [-0.4, -0.2) is 12.5 Å². The second-order valence-corrected chi connectivity index (χ2v) is 5.82. The van der Waals surface area contributed by atoms with E-state index in [0.29, 0.717) is 24.7 Å². The van der Waals surface area contributed by atoms with Crippen molar-refractivity contribution in [2.24, 2.45) is 11.8 Å². The van der Waals surface area contributed by atoms with E-state index in [1.54, 1.807) is 0 Å². The lowest BCUT2D eigenvalue weighted by atomic mass is 10.2. The maximum absolute atomic E-state index is 11.6. The van der Waals surface area contributed by atoms with Crippen molar-refractivity contribution >= 4 is 5.91 Å². The van der Waals surface area contributed by atoms with Gasteiger partial charge in [0.15, 0.2) is 0 Å². The van der Waals surface area contributed by atoms with Gasteiger partial charge in [-0.3, -0.25) is 4.79 Å². The van der Waals surface area contributed by atoms with Gasteiger partial charge in [-0.2, -0.15) is 0 Å². The van der Waals surface area contributed by atoms with E-state index in [1.165, 1.54) is 6.42 Å². The van der Waals surface area contributed by atoms with Gasteiger partial charge in [0, 0.05) is 25.3 Å². The van der Waals surface area contributed by atoms with Crippen LogP contribution in [0.4, 0.5) is 0 Å². The summed E-state index contributed by atoms with van der Waals surface area (Å²) in [6, 6.07) is 4.08. The molecule has 2 rings (SSSR count). The van der Waals surface area contributed by atoms with Crippen molar-refractivity contribution < 1.29 is 9.21 Å². The number of hydrogen-bond donors (Lipinski definition) is 1. The smallest absolute Gasteiger partial charge is 0.220 e. The highest BCUT2D eigenvalue weighted by atomic mass is 16.3. The first-order valence-corrected chi connectivity index (χ1v) is 6.91. The number of rotatable bonds is 6. The normalized spacial score (nSPS) is 22.2. The second kappa shape index (κ2) is 5.59. The molecule has 0 aromatic carbocycles. The van der Waals surface area contributed by atoms with Crippen molar-refractivity contribution in [2.45, 2.75) is 46.0 Å². The fourth-order valence-electron chi connectivity index (χ4n) is 2.09. The summed E-state index contributed by atoms with van der Waals surface area (Å²) in [6.45, 7) is 7.18.